The molecular formula is C10H13N5O7. The summed E-state index contributed by atoms with van der Waals surface area (Å²) in [4.78, 5) is 29.5. The molecule has 2 aliphatic rings. The average molecular weight is 315 g/mol. The van der Waals surface area contributed by atoms with Gasteiger partial charge in [0.25, 0.3) is 11.4 Å². The normalized spacial score (nSPS) is 37.2. The standard InChI is InChI=1S/C10H13N5O7/c11-9-13-6-3(7(19)14-9)12-10(20)15(6,21)8-5(18)4(17)2(1-16)22-8/h2,4-5,8,16-18H,1H2,(H,12,20)(H3,11,13,14,19)/t2-,4-,5-,8-,15?/m1/s1. The molecule has 3 rings (SSSR count). The van der Waals surface area contributed by atoms with Crippen molar-refractivity contribution in [1.82, 2.24) is 14.6 Å². The largest absolute Gasteiger partial charge is 0.615 e. The number of amides is 2. The van der Waals surface area contributed by atoms with E-state index in [0.29, 0.717) is 0 Å². The minimum atomic E-state index is -1.97. The molecule has 5 atom stereocenters. The number of nitrogens with two attached hydrogens (primary N) is 1. The summed E-state index contributed by atoms with van der Waals surface area (Å²) in [7, 11) is 0. The summed E-state index contributed by atoms with van der Waals surface area (Å²) < 4.78 is 3.11. The highest BCUT2D eigenvalue weighted by Gasteiger charge is 2.59. The van der Waals surface area contributed by atoms with Gasteiger partial charge >= 0.3 is 6.03 Å². The number of nitrogens with one attached hydrogen (secondary N) is 2. The monoisotopic (exact) mass is 315 g/mol. The zero-order valence-electron chi connectivity index (χ0n) is 11.0. The van der Waals surface area contributed by atoms with Gasteiger partial charge in [-0.1, -0.05) is 0 Å². The summed E-state index contributed by atoms with van der Waals surface area (Å²) in [5.41, 5.74) is 4.12. The molecule has 0 bridgehead atoms. The van der Waals surface area contributed by atoms with Gasteiger partial charge in [0.1, 0.15) is 12.2 Å². The van der Waals surface area contributed by atoms with E-state index in [9.17, 15) is 25.0 Å². The Balaban J connectivity index is 2.12. The molecule has 0 aliphatic carbocycles. The highest BCUT2D eigenvalue weighted by molar-refractivity contribution is 6.07. The molecule has 2 amide bonds. The number of aliphatic hydroxyl groups is 3. The van der Waals surface area contributed by atoms with Crippen LogP contribution < -0.4 is 21.3 Å². The SMILES string of the molecule is Nc1nc2c(c(=O)[nH]1)NC(=O)[N+]2([O-])[C@@H]1O[C@H](CO)[C@@H](O)[C@H]1O. The van der Waals surface area contributed by atoms with Crippen molar-refractivity contribution in [2.24, 2.45) is 0 Å². The summed E-state index contributed by atoms with van der Waals surface area (Å²) in [6, 6.07) is -1.23. The number of ether oxygens (including phenoxy) is 1. The van der Waals surface area contributed by atoms with E-state index >= 15 is 0 Å². The van der Waals surface area contributed by atoms with Crippen LogP contribution in [0.2, 0.25) is 0 Å². The van der Waals surface area contributed by atoms with E-state index in [-0.39, 0.29) is 0 Å². The van der Waals surface area contributed by atoms with Crippen LogP contribution in [0.25, 0.3) is 0 Å². The van der Waals surface area contributed by atoms with Gasteiger partial charge in [-0.3, -0.25) is 15.1 Å². The van der Waals surface area contributed by atoms with Gasteiger partial charge in [-0.05, 0) is 0 Å². The topological polar surface area (TPSA) is 194 Å². The fourth-order valence-electron chi connectivity index (χ4n) is 2.53. The summed E-state index contributed by atoms with van der Waals surface area (Å²) in [6.07, 6.45) is -6.40. The number of anilines is 2. The molecule has 12 heteroatoms. The first-order chi connectivity index (χ1) is 10.3. The summed E-state index contributed by atoms with van der Waals surface area (Å²) >= 11 is 0. The number of rotatable bonds is 2. The number of carbonyl (C=O) groups is 1. The van der Waals surface area contributed by atoms with Gasteiger partial charge in [0, 0.05) is 0 Å². The molecule has 0 radical (unpaired) electrons. The van der Waals surface area contributed by atoms with E-state index < -0.39 is 64.8 Å². The van der Waals surface area contributed by atoms with Gasteiger partial charge in [-0.2, -0.15) is 9.63 Å². The third-order valence-electron chi connectivity index (χ3n) is 3.64. The predicted molar refractivity (Wildman–Crippen MR) is 71.2 cm³/mol. The second-order valence-electron chi connectivity index (χ2n) is 4.97. The molecule has 2 aliphatic heterocycles. The molecule has 3 heterocycles. The fraction of sp³-hybridized carbons (Fsp3) is 0.500. The first kappa shape index (κ1) is 14.8. The second kappa shape index (κ2) is 4.70. The van der Waals surface area contributed by atoms with Crippen molar-refractivity contribution in [3.8, 4) is 0 Å². The molecule has 7 N–H and O–H groups in total. The second-order valence-corrected chi connectivity index (χ2v) is 4.97. The first-order valence-electron chi connectivity index (χ1n) is 6.24. The van der Waals surface area contributed by atoms with Crippen molar-refractivity contribution in [3.05, 3.63) is 15.6 Å². The highest BCUT2D eigenvalue weighted by atomic mass is 16.7. The van der Waals surface area contributed by atoms with Crippen molar-refractivity contribution in [1.29, 1.82) is 0 Å². The summed E-state index contributed by atoms with van der Waals surface area (Å²) in [5.74, 6) is -0.980. The third kappa shape index (κ3) is 1.76. The Morgan fingerprint density at radius 1 is 1.36 bits per heavy atom. The van der Waals surface area contributed by atoms with Gasteiger partial charge in [0.2, 0.25) is 12.2 Å². The van der Waals surface area contributed by atoms with Crippen molar-refractivity contribution >= 4 is 23.5 Å². The molecule has 0 spiro atoms. The number of fused-ring (bicyclic) bond motifs is 1. The number of nitrogens with zero attached hydrogens (tertiary/aromatic N) is 2. The number of hydrogen-bond acceptors (Lipinski definition) is 9. The van der Waals surface area contributed by atoms with Crippen LogP contribution in [0.1, 0.15) is 0 Å². The Bertz CT molecular complexity index is 693. The van der Waals surface area contributed by atoms with Crippen LogP contribution in [-0.4, -0.2) is 62.5 Å². The van der Waals surface area contributed by atoms with Gasteiger partial charge in [0.05, 0.1) is 6.61 Å². The molecule has 1 fully saturated rings. The lowest BCUT2D eigenvalue weighted by atomic mass is 10.1. The smallest absolute Gasteiger partial charge is 0.430 e. The van der Waals surface area contributed by atoms with Gasteiger partial charge < -0.3 is 31.0 Å². The molecule has 1 aromatic heterocycles. The average Bonchev–Trinajstić information content (AvgIpc) is 2.89. The number of aliphatic hydroxyl groups excluding tert-OH is 3. The van der Waals surface area contributed by atoms with Crippen LogP contribution in [0, 0.1) is 5.21 Å². The Morgan fingerprint density at radius 2 is 2.05 bits per heavy atom. The van der Waals surface area contributed by atoms with Crippen molar-refractivity contribution < 1.29 is 24.9 Å². The number of nitrogen functional groups attached to an aromatic ring is 1. The number of aromatic amines is 1. The molecular weight excluding hydrogens is 302 g/mol. The van der Waals surface area contributed by atoms with Crippen LogP contribution in [0.4, 0.5) is 22.2 Å². The molecule has 1 unspecified atom stereocenters. The Morgan fingerprint density at radius 3 is 2.64 bits per heavy atom. The van der Waals surface area contributed by atoms with Crippen LogP contribution in [0.5, 0.6) is 0 Å². The number of quaternary nitrogens is 1. The zero-order chi connectivity index (χ0) is 16.2. The van der Waals surface area contributed by atoms with E-state index in [2.05, 4.69) is 15.3 Å². The number of H-pyrrole nitrogens is 1. The minimum absolute atomic E-state index is 0.398. The zero-order valence-corrected chi connectivity index (χ0v) is 11.0. The van der Waals surface area contributed by atoms with E-state index in [1.807, 2.05) is 0 Å². The quantitative estimate of drug-likeness (QED) is 0.246. The van der Waals surface area contributed by atoms with Crippen LogP contribution in [0.3, 0.4) is 0 Å². The molecule has 120 valence electrons. The molecule has 1 saturated heterocycles. The fourth-order valence-corrected chi connectivity index (χ4v) is 2.53. The maximum atomic E-state index is 13.0. The van der Waals surface area contributed by atoms with E-state index in [0.717, 1.165) is 0 Å². The molecule has 22 heavy (non-hydrogen) atoms. The Labute approximate surface area is 121 Å². The lowest BCUT2D eigenvalue weighted by Gasteiger charge is -2.38. The van der Waals surface area contributed by atoms with Gasteiger partial charge in [-0.25, -0.2) is 4.79 Å². The van der Waals surface area contributed by atoms with Crippen molar-refractivity contribution in [3.63, 3.8) is 0 Å². The first-order valence-corrected chi connectivity index (χ1v) is 6.24. The minimum Gasteiger partial charge on any atom is -0.615 e. The predicted octanol–water partition coefficient (Wildman–Crippen LogP) is -2.86. The van der Waals surface area contributed by atoms with E-state index in [1.165, 1.54) is 0 Å². The maximum absolute atomic E-state index is 13.0. The number of carbonyl (C=O) groups excluding carboxylic acids is 1. The summed E-state index contributed by atoms with van der Waals surface area (Å²) in [5, 5.41) is 43.7. The number of hydroxylamine groups is 2. The molecule has 0 aromatic carbocycles. The maximum Gasteiger partial charge on any atom is 0.430 e. The van der Waals surface area contributed by atoms with E-state index in [1.54, 1.807) is 0 Å². The highest BCUT2D eigenvalue weighted by Crippen LogP contribution is 2.40. The van der Waals surface area contributed by atoms with Crippen LogP contribution in [0.15, 0.2) is 4.79 Å². The summed E-state index contributed by atoms with van der Waals surface area (Å²) in [6.45, 7) is -0.672. The van der Waals surface area contributed by atoms with Gasteiger partial charge in [0.15, 0.2) is 11.8 Å². The molecule has 0 saturated carbocycles. The lowest BCUT2D eigenvalue weighted by Crippen LogP contribution is -2.59. The number of urea groups is 1. The van der Waals surface area contributed by atoms with E-state index in [4.69, 9.17) is 15.6 Å². The van der Waals surface area contributed by atoms with Crippen molar-refractivity contribution in [2.45, 2.75) is 24.5 Å². The number of hydrogen-bond donors (Lipinski definition) is 6. The van der Waals surface area contributed by atoms with Gasteiger partial charge in [-0.15, -0.1) is 0 Å². The third-order valence-corrected chi connectivity index (χ3v) is 3.64. The van der Waals surface area contributed by atoms with Crippen molar-refractivity contribution in [2.75, 3.05) is 17.7 Å². The van der Waals surface area contributed by atoms with Crippen LogP contribution >= 0.6 is 0 Å². The Hall–Kier alpha value is -2.09. The molecule has 1 aromatic rings. The number of aromatic nitrogens is 2. The molecule has 12 nitrogen and oxygen atoms in total. The Kier molecular flexibility index (Phi) is 3.17. The van der Waals surface area contributed by atoms with Crippen LogP contribution in [-0.2, 0) is 4.74 Å². The lowest BCUT2D eigenvalue weighted by molar-refractivity contribution is -0.0605.